The highest BCUT2D eigenvalue weighted by atomic mass is 32.2. The number of hydrogen-bond acceptors (Lipinski definition) is 6. The summed E-state index contributed by atoms with van der Waals surface area (Å²) in [5.41, 5.74) is 0.651. The van der Waals surface area contributed by atoms with E-state index < -0.39 is 0 Å². The Labute approximate surface area is 122 Å². The van der Waals surface area contributed by atoms with Crippen LogP contribution in [0.3, 0.4) is 0 Å². The predicted molar refractivity (Wildman–Crippen MR) is 81.5 cm³/mol. The summed E-state index contributed by atoms with van der Waals surface area (Å²) in [5.74, 6) is 2.86. The van der Waals surface area contributed by atoms with Gasteiger partial charge in [0.05, 0.1) is 4.92 Å². The van der Waals surface area contributed by atoms with Crippen LogP contribution in [-0.4, -0.2) is 57.3 Å². The first-order valence-corrected chi connectivity index (χ1v) is 8.03. The fourth-order valence-electron chi connectivity index (χ4n) is 2.35. The second-order valence-electron chi connectivity index (χ2n) is 4.76. The average Bonchev–Trinajstić information content (AvgIpc) is 2.77. The minimum absolute atomic E-state index is 0.115. The lowest BCUT2D eigenvalue weighted by Gasteiger charge is -2.26. The zero-order valence-electron chi connectivity index (χ0n) is 12.0. The molecule has 1 aromatic rings. The van der Waals surface area contributed by atoms with Gasteiger partial charge in [-0.2, -0.15) is 16.9 Å². The molecule has 7 nitrogen and oxygen atoms in total. The normalized spacial score (nSPS) is 16.3. The molecule has 0 saturated carbocycles. The Morgan fingerprint density at radius 2 is 2.15 bits per heavy atom. The van der Waals surface area contributed by atoms with Crippen LogP contribution in [0.2, 0.25) is 0 Å². The summed E-state index contributed by atoms with van der Waals surface area (Å²) < 4.78 is 1.57. The van der Waals surface area contributed by atoms with Crippen molar-refractivity contribution in [1.82, 2.24) is 14.7 Å². The largest absolute Gasteiger partial charge is 0.363 e. The highest BCUT2D eigenvalue weighted by Gasteiger charge is 2.25. The summed E-state index contributed by atoms with van der Waals surface area (Å²) in [7, 11) is 1.74. The Hall–Kier alpha value is -1.28. The van der Waals surface area contributed by atoms with Gasteiger partial charge in [-0.25, -0.2) is 4.68 Å². The van der Waals surface area contributed by atoms with E-state index in [0.717, 1.165) is 19.6 Å². The van der Waals surface area contributed by atoms with Crippen molar-refractivity contribution in [3.05, 3.63) is 15.8 Å². The summed E-state index contributed by atoms with van der Waals surface area (Å²) >= 11 is 1.98. The zero-order valence-corrected chi connectivity index (χ0v) is 12.8. The van der Waals surface area contributed by atoms with Gasteiger partial charge < -0.3 is 5.32 Å². The van der Waals surface area contributed by atoms with Crippen LogP contribution in [0.4, 0.5) is 11.5 Å². The topological polar surface area (TPSA) is 76.2 Å². The molecular weight excluding hydrogens is 278 g/mol. The summed E-state index contributed by atoms with van der Waals surface area (Å²) in [5, 5.41) is 18.6. The number of nitrogens with one attached hydrogen (secondary N) is 1. The third-order valence-corrected chi connectivity index (χ3v) is 4.38. The minimum Gasteiger partial charge on any atom is -0.363 e. The maximum atomic E-state index is 11.2. The molecule has 8 heteroatoms. The van der Waals surface area contributed by atoms with Gasteiger partial charge in [0.1, 0.15) is 5.69 Å². The summed E-state index contributed by atoms with van der Waals surface area (Å²) in [6, 6.07) is 0. The van der Waals surface area contributed by atoms with Gasteiger partial charge in [-0.3, -0.25) is 15.0 Å². The Morgan fingerprint density at radius 3 is 2.75 bits per heavy atom. The molecule has 2 heterocycles. The molecule has 0 atom stereocenters. The van der Waals surface area contributed by atoms with Gasteiger partial charge >= 0.3 is 5.69 Å². The van der Waals surface area contributed by atoms with Gasteiger partial charge in [0.2, 0.25) is 5.82 Å². The van der Waals surface area contributed by atoms with Crippen molar-refractivity contribution in [2.45, 2.75) is 13.3 Å². The number of rotatable bonds is 6. The summed E-state index contributed by atoms with van der Waals surface area (Å²) in [6.07, 6.45) is 0.565. The minimum atomic E-state index is -0.342. The summed E-state index contributed by atoms with van der Waals surface area (Å²) in [6.45, 7) is 5.68. The smallest absolute Gasteiger partial charge is 0.333 e. The lowest BCUT2D eigenvalue weighted by molar-refractivity contribution is -0.384. The molecule has 2 rings (SSSR count). The van der Waals surface area contributed by atoms with Gasteiger partial charge in [-0.15, -0.1) is 0 Å². The number of aromatic nitrogens is 2. The molecule has 0 radical (unpaired) electrons. The SMILES string of the molecule is CCc1nn(C)c(NCCN2CCSCC2)c1[N+](=O)[O-]. The molecule has 0 aliphatic carbocycles. The van der Waals surface area contributed by atoms with E-state index in [2.05, 4.69) is 15.3 Å². The number of hydrogen-bond donors (Lipinski definition) is 1. The Morgan fingerprint density at radius 1 is 1.45 bits per heavy atom. The monoisotopic (exact) mass is 299 g/mol. The van der Waals surface area contributed by atoms with Gasteiger partial charge in [0.25, 0.3) is 0 Å². The lowest BCUT2D eigenvalue weighted by atomic mass is 10.3. The van der Waals surface area contributed by atoms with Crippen molar-refractivity contribution in [2.24, 2.45) is 7.05 Å². The fraction of sp³-hybridized carbons (Fsp3) is 0.750. The van der Waals surface area contributed by atoms with Crippen molar-refractivity contribution < 1.29 is 4.92 Å². The number of anilines is 1. The molecule has 0 aromatic carbocycles. The molecular formula is C12H21N5O2S. The van der Waals surface area contributed by atoms with Gasteiger partial charge in [-0.05, 0) is 6.42 Å². The molecule has 0 spiro atoms. The average molecular weight is 299 g/mol. The van der Waals surface area contributed by atoms with Crippen LogP contribution in [0.1, 0.15) is 12.6 Å². The molecule has 1 saturated heterocycles. The van der Waals surface area contributed by atoms with Crippen molar-refractivity contribution in [3.63, 3.8) is 0 Å². The lowest BCUT2D eigenvalue weighted by Crippen LogP contribution is -2.36. The highest BCUT2D eigenvalue weighted by molar-refractivity contribution is 7.99. The molecule has 1 aliphatic heterocycles. The van der Waals surface area contributed by atoms with Crippen molar-refractivity contribution >= 4 is 23.3 Å². The summed E-state index contributed by atoms with van der Waals surface area (Å²) in [4.78, 5) is 13.2. The fourth-order valence-corrected chi connectivity index (χ4v) is 3.33. The van der Waals surface area contributed by atoms with E-state index in [0.29, 0.717) is 24.5 Å². The van der Waals surface area contributed by atoms with E-state index >= 15 is 0 Å². The number of aryl methyl sites for hydroxylation is 2. The van der Waals surface area contributed by atoms with Crippen LogP contribution in [-0.2, 0) is 13.5 Å². The molecule has 1 N–H and O–H groups in total. The van der Waals surface area contributed by atoms with Crippen LogP contribution in [0, 0.1) is 10.1 Å². The highest BCUT2D eigenvalue weighted by Crippen LogP contribution is 2.28. The zero-order chi connectivity index (χ0) is 14.5. The van der Waals surface area contributed by atoms with E-state index in [1.807, 2.05) is 18.7 Å². The van der Waals surface area contributed by atoms with Crippen molar-refractivity contribution in [2.75, 3.05) is 43.0 Å². The number of nitrogens with zero attached hydrogens (tertiary/aromatic N) is 4. The first-order chi connectivity index (χ1) is 9.63. The van der Waals surface area contributed by atoms with Crippen LogP contribution in [0.5, 0.6) is 0 Å². The standard InChI is InChI=1S/C12H21N5O2S/c1-3-10-11(17(18)19)12(15(2)14-10)13-4-5-16-6-8-20-9-7-16/h13H,3-9H2,1-2H3. The van der Waals surface area contributed by atoms with E-state index in [-0.39, 0.29) is 10.6 Å². The molecule has 0 amide bonds. The molecule has 1 aliphatic rings. The third-order valence-electron chi connectivity index (χ3n) is 3.43. The quantitative estimate of drug-likeness (QED) is 0.631. The molecule has 0 unspecified atom stereocenters. The van der Waals surface area contributed by atoms with Crippen LogP contribution >= 0.6 is 11.8 Å². The second kappa shape index (κ2) is 6.94. The van der Waals surface area contributed by atoms with Gasteiger partial charge in [-0.1, -0.05) is 6.92 Å². The predicted octanol–water partition coefficient (Wildman–Crippen LogP) is 1.35. The Balaban J connectivity index is 1.97. The van der Waals surface area contributed by atoms with E-state index in [1.54, 1.807) is 11.7 Å². The molecule has 112 valence electrons. The van der Waals surface area contributed by atoms with Crippen LogP contribution in [0.25, 0.3) is 0 Å². The van der Waals surface area contributed by atoms with Crippen molar-refractivity contribution in [1.29, 1.82) is 0 Å². The molecule has 1 fully saturated rings. The van der Waals surface area contributed by atoms with Gasteiger partial charge in [0.15, 0.2) is 0 Å². The third kappa shape index (κ3) is 3.43. The molecule has 20 heavy (non-hydrogen) atoms. The van der Waals surface area contributed by atoms with Crippen molar-refractivity contribution in [3.8, 4) is 0 Å². The maximum absolute atomic E-state index is 11.2. The van der Waals surface area contributed by atoms with E-state index in [1.165, 1.54) is 11.5 Å². The number of nitro groups is 1. The first-order valence-electron chi connectivity index (χ1n) is 6.87. The van der Waals surface area contributed by atoms with Gasteiger partial charge in [0, 0.05) is 44.7 Å². The Kier molecular flexibility index (Phi) is 5.24. The molecule has 1 aromatic heterocycles. The number of thioether (sulfide) groups is 1. The first kappa shape index (κ1) is 15.1. The van der Waals surface area contributed by atoms with E-state index in [4.69, 9.17) is 0 Å². The maximum Gasteiger partial charge on any atom is 0.333 e. The Bertz CT molecular complexity index is 471. The second-order valence-corrected chi connectivity index (χ2v) is 5.98. The van der Waals surface area contributed by atoms with Crippen LogP contribution < -0.4 is 5.32 Å². The van der Waals surface area contributed by atoms with E-state index in [9.17, 15) is 10.1 Å². The van der Waals surface area contributed by atoms with Crippen LogP contribution in [0.15, 0.2) is 0 Å². The molecule has 0 bridgehead atoms.